The van der Waals surface area contributed by atoms with Gasteiger partial charge < -0.3 is 14.8 Å². The van der Waals surface area contributed by atoms with Crippen LogP contribution in [0.4, 0.5) is 10.5 Å². The van der Waals surface area contributed by atoms with Crippen molar-refractivity contribution in [2.75, 3.05) is 5.32 Å². The lowest BCUT2D eigenvalue weighted by molar-refractivity contribution is 0.155. The molecule has 0 aliphatic rings. The molecule has 0 radical (unpaired) electrons. The summed E-state index contributed by atoms with van der Waals surface area (Å²) in [4.78, 5) is 15.6. The summed E-state index contributed by atoms with van der Waals surface area (Å²) in [5.74, 6) is 0. The smallest absolute Gasteiger partial charge is 0.444 e. The first kappa shape index (κ1) is 15.0. The molecule has 7 heteroatoms. The Balaban J connectivity index is 1.95. The molecule has 0 saturated heterocycles. The van der Waals surface area contributed by atoms with Crippen LogP contribution in [0.5, 0.6) is 0 Å². The molecule has 0 unspecified atom stereocenters. The zero-order chi connectivity index (χ0) is 15.2. The number of hydrogen-bond acceptors (Lipinski definition) is 5. The van der Waals surface area contributed by atoms with Crippen molar-refractivity contribution in [3.05, 3.63) is 53.9 Å². The molecule has 0 atom stereocenters. The first-order chi connectivity index (χ1) is 10.1. The second-order valence-electron chi connectivity index (χ2n) is 4.46. The molecule has 6 nitrogen and oxygen atoms in total. The van der Waals surface area contributed by atoms with E-state index < -0.39 is 13.2 Å². The molecule has 0 aliphatic heterocycles. The molecular weight excluding hydrogens is 271 g/mol. The van der Waals surface area contributed by atoms with Gasteiger partial charge in [-0.15, -0.1) is 0 Å². The van der Waals surface area contributed by atoms with Gasteiger partial charge in [0.25, 0.3) is 0 Å². The van der Waals surface area contributed by atoms with E-state index in [4.69, 9.17) is 4.74 Å². The fraction of sp³-hybridized carbons (Fsp3) is 0.143. The van der Waals surface area contributed by atoms with Crippen LogP contribution in [0.3, 0.4) is 0 Å². The molecule has 1 heterocycles. The molecule has 3 N–H and O–H groups in total. The minimum absolute atomic E-state index is 0.154. The SMILES string of the molecule is Cc1ncc(NC(=O)OCc2ccccc2)cc1B(O)O. The molecule has 0 fully saturated rings. The third-order valence-corrected chi connectivity index (χ3v) is 2.86. The van der Waals surface area contributed by atoms with Crippen molar-refractivity contribution < 1.29 is 19.6 Å². The van der Waals surface area contributed by atoms with Crippen LogP contribution in [0.2, 0.25) is 0 Å². The van der Waals surface area contributed by atoms with Gasteiger partial charge in [-0.2, -0.15) is 0 Å². The molecule has 1 amide bonds. The first-order valence-electron chi connectivity index (χ1n) is 6.36. The van der Waals surface area contributed by atoms with E-state index in [9.17, 15) is 14.8 Å². The molecular formula is C14H15BN2O4. The number of aromatic nitrogens is 1. The van der Waals surface area contributed by atoms with E-state index in [1.54, 1.807) is 6.92 Å². The number of ether oxygens (including phenoxy) is 1. The van der Waals surface area contributed by atoms with Crippen LogP contribution in [-0.2, 0) is 11.3 Å². The summed E-state index contributed by atoms with van der Waals surface area (Å²) in [6.07, 6.45) is 0.785. The number of carbonyl (C=O) groups is 1. The second-order valence-corrected chi connectivity index (χ2v) is 4.46. The Kier molecular flexibility index (Phi) is 4.92. The van der Waals surface area contributed by atoms with E-state index in [0.717, 1.165) is 5.56 Å². The maximum atomic E-state index is 11.7. The minimum atomic E-state index is -1.64. The second kappa shape index (κ2) is 6.87. The fourth-order valence-electron chi connectivity index (χ4n) is 1.76. The van der Waals surface area contributed by atoms with Crippen LogP contribution in [0.25, 0.3) is 0 Å². The van der Waals surface area contributed by atoms with E-state index in [1.165, 1.54) is 12.3 Å². The number of amides is 1. The molecule has 1 aromatic carbocycles. The predicted molar refractivity (Wildman–Crippen MR) is 79.0 cm³/mol. The van der Waals surface area contributed by atoms with Crippen LogP contribution < -0.4 is 10.8 Å². The lowest BCUT2D eigenvalue weighted by Gasteiger charge is -2.09. The van der Waals surface area contributed by atoms with Gasteiger partial charge in [-0.3, -0.25) is 10.3 Å². The Labute approximate surface area is 122 Å². The van der Waals surface area contributed by atoms with Crippen LogP contribution >= 0.6 is 0 Å². The normalized spacial score (nSPS) is 10.0. The average molecular weight is 286 g/mol. The van der Waals surface area contributed by atoms with Crippen molar-refractivity contribution in [2.24, 2.45) is 0 Å². The first-order valence-corrected chi connectivity index (χ1v) is 6.36. The van der Waals surface area contributed by atoms with Gasteiger partial charge in [-0.05, 0) is 18.6 Å². The molecule has 2 rings (SSSR count). The third kappa shape index (κ3) is 4.30. The predicted octanol–water partition coefficient (Wildman–Crippen LogP) is 0.819. The Morgan fingerprint density at radius 2 is 2.05 bits per heavy atom. The van der Waals surface area contributed by atoms with Crippen molar-refractivity contribution in [3.63, 3.8) is 0 Å². The zero-order valence-corrected chi connectivity index (χ0v) is 11.5. The topological polar surface area (TPSA) is 91.7 Å². The maximum Gasteiger partial charge on any atom is 0.490 e. The Bertz CT molecular complexity index is 620. The van der Waals surface area contributed by atoms with Gasteiger partial charge in [-0.1, -0.05) is 30.3 Å². The van der Waals surface area contributed by atoms with Crippen molar-refractivity contribution in [3.8, 4) is 0 Å². The number of carbonyl (C=O) groups excluding carboxylic acids is 1. The van der Waals surface area contributed by atoms with E-state index >= 15 is 0 Å². The summed E-state index contributed by atoms with van der Waals surface area (Å²) in [6, 6.07) is 10.7. The van der Waals surface area contributed by atoms with Gasteiger partial charge in [-0.25, -0.2) is 4.79 Å². The Morgan fingerprint density at radius 3 is 2.71 bits per heavy atom. The van der Waals surface area contributed by atoms with Crippen LogP contribution in [0.15, 0.2) is 42.6 Å². The number of benzene rings is 1. The number of nitrogens with one attached hydrogen (secondary N) is 1. The number of rotatable bonds is 4. The summed E-state index contributed by atoms with van der Waals surface area (Å²) >= 11 is 0. The Morgan fingerprint density at radius 1 is 1.33 bits per heavy atom. The number of pyridine rings is 1. The molecule has 0 spiro atoms. The summed E-state index contributed by atoms with van der Waals surface area (Å²) in [7, 11) is -1.64. The third-order valence-electron chi connectivity index (χ3n) is 2.86. The Hall–Kier alpha value is -2.38. The molecule has 0 saturated carbocycles. The fourth-order valence-corrected chi connectivity index (χ4v) is 1.76. The highest BCUT2D eigenvalue weighted by molar-refractivity contribution is 6.59. The molecule has 0 bridgehead atoms. The lowest BCUT2D eigenvalue weighted by Crippen LogP contribution is -2.33. The van der Waals surface area contributed by atoms with Crippen molar-refractivity contribution in [2.45, 2.75) is 13.5 Å². The van der Waals surface area contributed by atoms with Crippen molar-refractivity contribution in [1.29, 1.82) is 0 Å². The molecule has 108 valence electrons. The molecule has 0 aliphatic carbocycles. The standard InChI is InChI=1S/C14H15BN2O4/c1-10-13(15(19)20)7-12(8-16-10)17-14(18)21-9-11-5-3-2-4-6-11/h2-8,19-20H,9H2,1H3,(H,17,18). The van der Waals surface area contributed by atoms with E-state index in [2.05, 4.69) is 10.3 Å². The van der Waals surface area contributed by atoms with E-state index in [-0.39, 0.29) is 12.1 Å². The summed E-state index contributed by atoms with van der Waals surface area (Å²) < 4.78 is 5.06. The van der Waals surface area contributed by atoms with Gasteiger partial charge in [0.1, 0.15) is 6.61 Å². The van der Waals surface area contributed by atoms with Crippen molar-refractivity contribution >= 4 is 24.4 Å². The minimum Gasteiger partial charge on any atom is -0.444 e. The largest absolute Gasteiger partial charge is 0.490 e. The lowest BCUT2D eigenvalue weighted by atomic mass is 9.79. The van der Waals surface area contributed by atoms with Crippen LogP contribution in [0, 0.1) is 6.92 Å². The van der Waals surface area contributed by atoms with Gasteiger partial charge in [0, 0.05) is 11.2 Å². The summed E-state index contributed by atoms with van der Waals surface area (Å²) in [6.45, 7) is 1.80. The highest BCUT2D eigenvalue weighted by atomic mass is 16.5. The molecule has 2 aromatic rings. The van der Waals surface area contributed by atoms with Gasteiger partial charge >= 0.3 is 13.2 Å². The number of anilines is 1. The zero-order valence-electron chi connectivity index (χ0n) is 11.5. The van der Waals surface area contributed by atoms with E-state index in [0.29, 0.717) is 11.4 Å². The highest BCUT2D eigenvalue weighted by Gasteiger charge is 2.16. The van der Waals surface area contributed by atoms with Crippen LogP contribution in [-0.4, -0.2) is 28.2 Å². The maximum absolute atomic E-state index is 11.7. The highest BCUT2D eigenvalue weighted by Crippen LogP contribution is 2.07. The number of aryl methyl sites for hydroxylation is 1. The molecule has 21 heavy (non-hydrogen) atoms. The quantitative estimate of drug-likeness (QED) is 0.724. The van der Waals surface area contributed by atoms with Crippen LogP contribution in [0.1, 0.15) is 11.3 Å². The molecule has 1 aromatic heterocycles. The number of hydrogen-bond donors (Lipinski definition) is 3. The van der Waals surface area contributed by atoms with Gasteiger partial charge in [0.15, 0.2) is 0 Å². The summed E-state index contributed by atoms with van der Waals surface area (Å²) in [5.41, 5.74) is 1.92. The number of nitrogens with zero attached hydrogens (tertiary/aromatic N) is 1. The van der Waals surface area contributed by atoms with E-state index in [1.807, 2.05) is 30.3 Å². The van der Waals surface area contributed by atoms with Gasteiger partial charge in [0.2, 0.25) is 0 Å². The summed E-state index contributed by atoms with van der Waals surface area (Å²) in [5, 5.41) is 20.9. The monoisotopic (exact) mass is 286 g/mol. The van der Waals surface area contributed by atoms with Gasteiger partial charge in [0.05, 0.1) is 11.9 Å². The van der Waals surface area contributed by atoms with Crippen molar-refractivity contribution in [1.82, 2.24) is 4.98 Å². The average Bonchev–Trinajstić information content (AvgIpc) is 2.48.